The van der Waals surface area contributed by atoms with E-state index in [0.29, 0.717) is 5.71 Å². The first-order chi connectivity index (χ1) is 6.77. The van der Waals surface area contributed by atoms with E-state index in [9.17, 15) is 0 Å². The van der Waals surface area contributed by atoms with Crippen LogP contribution in [0.2, 0.25) is 0 Å². The number of hydrogen-bond donors (Lipinski definition) is 1. The Bertz CT molecular complexity index is 426. The van der Waals surface area contributed by atoms with Crippen molar-refractivity contribution >= 4 is 17.0 Å². The molecule has 0 saturated carbocycles. The van der Waals surface area contributed by atoms with Crippen molar-refractivity contribution in [3.05, 3.63) is 57.8 Å². The molecule has 0 unspecified atom stereocenters. The van der Waals surface area contributed by atoms with Gasteiger partial charge in [0.15, 0.2) is 0 Å². The molecule has 0 fully saturated rings. The smallest absolute Gasteiger partial charge is 0.0784 e. The highest BCUT2D eigenvalue weighted by molar-refractivity contribution is 7.12. The monoisotopic (exact) mass is 201 g/mol. The first kappa shape index (κ1) is 9.16. The van der Waals surface area contributed by atoms with Crippen LogP contribution in [0.4, 0.5) is 0 Å². The van der Waals surface area contributed by atoms with Crippen molar-refractivity contribution in [2.75, 3.05) is 0 Å². The van der Waals surface area contributed by atoms with Gasteiger partial charge in [-0.05, 0) is 18.4 Å². The lowest BCUT2D eigenvalue weighted by molar-refractivity contribution is 1.43. The van der Waals surface area contributed by atoms with E-state index >= 15 is 0 Å². The van der Waals surface area contributed by atoms with Gasteiger partial charge in [0.2, 0.25) is 0 Å². The van der Waals surface area contributed by atoms with Crippen molar-refractivity contribution in [1.82, 2.24) is 0 Å². The average Bonchev–Trinajstić information content (AvgIpc) is 2.71. The lowest BCUT2D eigenvalue weighted by Crippen LogP contribution is -1.97. The molecule has 1 aromatic carbocycles. The summed E-state index contributed by atoms with van der Waals surface area (Å²) in [5.41, 5.74) is 2.82. The minimum atomic E-state index is 0.611. The summed E-state index contributed by atoms with van der Waals surface area (Å²) in [5.74, 6) is 0. The van der Waals surface area contributed by atoms with E-state index in [4.69, 9.17) is 5.41 Å². The van der Waals surface area contributed by atoms with E-state index in [0.717, 1.165) is 10.4 Å². The topological polar surface area (TPSA) is 23.9 Å². The number of rotatable bonds is 2. The number of aryl methyl sites for hydroxylation is 1. The Morgan fingerprint density at radius 1 is 1.14 bits per heavy atom. The Labute approximate surface area is 87.5 Å². The molecule has 0 saturated heterocycles. The quantitative estimate of drug-likeness (QED) is 0.719. The number of nitrogens with one attached hydrogen (secondary N) is 1. The molecule has 0 atom stereocenters. The number of benzene rings is 1. The zero-order chi connectivity index (χ0) is 9.97. The molecule has 1 aromatic heterocycles. The minimum absolute atomic E-state index is 0.611. The normalized spacial score (nSPS) is 10.1. The molecule has 2 aromatic rings. The fourth-order valence-corrected chi connectivity index (χ4v) is 1.98. The van der Waals surface area contributed by atoms with Gasteiger partial charge in [-0.2, -0.15) is 0 Å². The average molecular weight is 201 g/mol. The molecule has 0 radical (unpaired) electrons. The lowest BCUT2D eigenvalue weighted by Gasteiger charge is -2.01. The Kier molecular flexibility index (Phi) is 2.46. The van der Waals surface area contributed by atoms with Gasteiger partial charge in [0, 0.05) is 5.56 Å². The fourth-order valence-electron chi connectivity index (χ4n) is 1.28. The maximum absolute atomic E-state index is 7.97. The van der Waals surface area contributed by atoms with E-state index in [-0.39, 0.29) is 0 Å². The van der Waals surface area contributed by atoms with Crippen LogP contribution in [-0.4, -0.2) is 5.71 Å². The Morgan fingerprint density at radius 3 is 2.43 bits per heavy atom. The van der Waals surface area contributed by atoms with E-state index in [1.54, 1.807) is 11.3 Å². The lowest BCUT2D eigenvalue weighted by atomic mass is 10.1. The summed E-state index contributed by atoms with van der Waals surface area (Å²) in [7, 11) is 0. The molecule has 1 N–H and O–H groups in total. The Morgan fingerprint density at radius 2 is 1.86 bits per heavy atom. The molecule has 1 heterocycles. The molecule has 0 aliphatic heterocycles. The molecule has 1 nitrogen and oxygen atoms in total. The molecule has 2 heteroatoms. The second-order valence-corrected chi connectivity index (χ2v) is 4.17. The molecule has 0 amide bonds. The van der Waals surface area contributed by atoms with Gasteiger partial charge in [-0.3, -0.25) is 5.41 Å². The van der Waals surface area contributed by atoms with Crippen molar-refractivity contribution in [3.8, 4) is 0 Å². The molecule has 70 valence electrons. The third-order valence-electron chi connectivity index (χ3n) is 2.11. The summed E-state index contributed by atoms with van der Waals surface area (Å²) in [6.07, 6.45) is 0. The van der Waals surface area contributed by atoms with Gasteiger partial charge >= 0.3 is 0 Å². The number of hydrogen-bond acceptors (Lipinski definition) is 2. The van der Waals surface area contributed by atoms with Crippen LogP contribution in [-0.2, 0) is 0 Å². The maximum atomic E-state index is 7.97. The first-order valence-corrected chi connectivity index (χ1v) is 5.35. The van der Waals surface area contributed by atoms with Crippen LogP contribution in [0.3, 0.4) is 0 Å². The molecule has 0 spiro atoms. The molecule has 14 heavy (non-hydrogen) atoms. The van der Waals surface area contributed by atoms with E-state index in [1.165, 1.54) is 5.56 Å². The van der Waals surface area contributed by atoms with Crippen LogP contribution in [0, 0.1) is 12.3 Å². The fraction of sp³-hybridized carbons (Fsp3) is 0.0833. The Hall–Kier alpha value is -1.41. The zero-order valence-corrected chi connectivity index (χ0v) is 8.77. The van der Waals surface area contributed by atoms with Crippen LogP contribution in [0.5, 0.6) is 0 Å². The third-order valence-corrected chi connectivity index (χ3v) is 3.00. The summed E-state index contributed by atoms with van der Waals surface area (Å²) in [4.78, 5) is 1.02. The highest BCUT2D eigenvalue weighted by atomic mass is 32.1. The minimum Gasteiger partial charge on any atom is -0.299 e. The van der Waals surface area contributed by atoms with E-state index in [2.05, 4.69) is 6.92 Å². The molecule has 2 rings (SSSR count). The number of thiophene rings is 1. The van der Waals surface area contributed by atoms with Gasteiger partial charge in [-0.25, -0.2) is 0 Å². The van der Waals surface area contributed by atoms with Crippen molar-refractivity contribution in [2.24, 2.45) is 0 Å². The molecular weight excluding hydrogens is 190 g/mol. The zero-order valence-electron chi connectivity index (χ0n) is 7.95. The second-order valence-electron chi connectivity index (χ2n) is 3.22. The first-order valence-electron chi connectivity index (χ1n) is 4.47. The van der Waals surface area contributed by atoms with E-state index < -0.39 is 0 Å². The van der Waals surface area contributed by atoms with Crippen LogP contribution >= 0.6 is 11.3 Å². The van der Waals surface area contributed by atoms with E-state index in [1.807, 2.05) is 41.8 Å². The standard InChI is InChI=1S/C12H11NS/c1-9-4-6-10(7-5-9)12(13)11-3-2-8-14-11/h2-8,13H,1H3. The van der Waals surface area contributed by atoms with Gasteiger partial charge in [0.25, 0.3) is 0 Å². The van der Waals surface area contributed by atoms with Gasteiger partial charge < -0.3 is 0 Å². The molecular formula is C12H11NS. The van der Waals surface area contributed by atoms with Crippen molar-refractivity contribution < 1.29 is 0 Å². The van der Waals surface area contributed by atoms with Crippen molar-refractivity contribution in [1.29, 1.82) is 5.41 Å². The van der Waals surface area contributed by atoms with Gasteiger partial charge in [0.1, 0.15) is 0 Å². The molecule has 0 aliphatic rings. The SMILES string of the molecule is Cc1ccc(C(=N)c2cccs2)cc1. The van der Waals surface area contributed by atoms with Crippen LogP contribution < -0.4 is 0 Å². The van der Waals surface area contributed by atoms with Gasteiger partial charge in [-0.1, -0.05) is 35.9 Å². The van der Waals surface area contributed by atoms with Crippen LogP contribution in [0.15, 0.2) is 41.8 Å². The summed E-state index contributed by atoms with van der Waals surface area (Å²) < 4.78 is 0. The van der Waals surface area contributed by atoms with Crippen molar-refractivity contribution in [2.45, 2.75) is 6.92 Å². The molecule has 0 aliphatic carbocycles. The van der Waals surface area contributed by atoms with Gasteiger partial charge in [-0.15, -0.1) is 11.3 Å². The van der Waals surface area contributed by atoms with Crippen LogP contribution in [0.25, 0.3) is 0 Å². The summed E-state index contributed by atoms with van der Waals surface area (Å²) in [6, 6.07) is 12.0. The van der Waals surface area contributed by atoms with Gasteiger partial charge in [0.05, 0.1) is 10.6 Å². The predicted octanol–water partition coefficient (Wildman–Crippen LogP) is 3.47. The Balaban J connectivity index is 2.33. The second kappa shape index (κ2) is 3.76. The molecule has 0 bridgehead atoms. The summed E-state index contributed by atoms with van der Waals surface area (Å²) >= 11 is 1.61. The predicted molar refractivity (Wildman–Crippen MR) is 61.4 cm³/mol. The highest BCUT2D eigenvalue weighted by Crippen LogP contribution is 2.15. The summed E-state index contributed by atoms with van der Waals surface area (Å²) in [5, 5.41) is 9.97. The maximum Gasteiger partial charge on any atom is 0.0784 e. The summed E-state index contributed by atoms with van der Waals surface area (Å²) in [6.45, 7) is 2.05. The highest BCUT2D eigenvalue weighted by Gasteiger charge is 2.04. The van der Waals surface area contributed by atoms with Crippen molar-refractivity contribution in [3.63, 3.8) is 0 Å². The largest absolute Gasteiger partial charge is 0.299 e. The third kappa shape index (κ3) is 1.75. The van der Waals surface area contributed by atoms with Crippen LogP contribution in [0.1, 0.15) is 16.0 Å².